The van der Waals surface area contributed by atoms with Gasteiger partial charge in [-0.2, -0.15) is 5.10 Å². The van der Waals surface area contributed by atoms with Crippen LogP contribution in [0.15, 0.2) is 48.7 Å². The third-order valence-corrected chi connectivity index (χ3v) is 5.54. The summed E-state index contributed by atoms with van der Waals surface area (Å²) >= 11 is 0. The summed E-state index contributed by atoms with van der Waals surface area (Å²) in [5.41, 5.74) is 2.52. The number of pyridine rings is 1. The summed E-state index contributed by atoms with van der Waals surface area (Å²) in [7, 11) is 0.0107. The average molecular weight is 474 g/mol. The fourth-order valence-electron chi connectivity index (χ4n) is 2.96. The molecule has 0 radical (unpaired) electrons. The Morgan fingerprint density at radius 3 is 2.48 bits per heavy atom. The Kier molecular flexibility index (Phi) is 7.67. The standard InChI is InChI=1S/C22H27N5O5S/c1-5-26(2)22(28)19-14-20(27(25-19)17-8-11-21(31-3)23-15-17)16-6-9-18(10-7-16)32-13-12-24-33(4,29)30/h6-11,14-15,24H,5,12-13H2,1-4H3. The van der Waals surface area contributed by atoms with Crippen LogP contribution in [0.4, 0.5) is 0 Å². The number of nitrogens with one attached hydrogen (secondary N) is 1. The molecule has 1 amide bonds. The highest BCUT2D eigenvalue weighted by atomic mass is 32.2. The Hall–Kier alpha value is -3.44. The smallest absolute Gasteiger partial charge is 0.274 e. The predicted molar refractivity (Wildman–Crippen MR) is 124 cm³/mol. The van der Waals surface area contributed by atoms with Gasteiger partial charge < -0.3 is 14.4 Å². The van der Waals surface area contributed by atoms with E-state index in [1.165, 1.54) is 0 Å². The second-order valence-corrected chi connectivity index (χ2v) is 9.08. The van der Waals surface area contributed by atoms with Crippen molar-refractivity contribution in [2.24, 2.45) is 0 Å². The summed E-state index contributed by atoms with van der Waals surface area (Å²) in [5, 5.41) is 4.54. The van der Waals surface area contributed by atoms with Crippen LogP contribution >= 0.6 is 0 Å². The van der Waals surface area contributed by atoms with E-state index in [0.717, 1.165) is 11.8 Å². The molecule has 0 aliphatic carbocycles. The van der Waals surface area contributed by atoms with E-state index in [0.29, 0.717) is 35.2 Å². The van der Waals surface area contributed by atoms with Gasteiger partial charge in [-0.05, 0) is 43.3 Å². The van der Waals surface area contributed by atoms with Crippen molar-refractivity contribution in [3.05, 3.63) is 54.4 Å². The minimum absolute atomic E-state index is 0.175. The van der Waals surface area contributed by atoms with Crippen LogP contribution < -0.4 is 14.2 Å². The van der Waals surface area contributed by atoms with Gasteiger partial charge in [0.25, 0.3) is 5.91 Å². The highest BCUT2D eigenvalue weighted by Crippen LogP contribution is 2.27. The van der Waals surface area contributed by atoms with Gasteiger partial charge in [0.05, 0.1) is 30.9 Å². The number of methoxy groups -OCH3 is 1. The molecule has 0 spiro atoms. The SMILES string of the molecule is CCN(C)C(=O)c1cc(-c2ccc(OCCNS(C)(=O)=O)cc2)n(-c2ccc(OC)nc2)n1. The monoisotopic (exact) mass is 473 g/mol. The minimum atomic E-state index is -3.25. The average Bonchev–Trinajstić information content (AvgIpc) is 3.26. The van der Waals surface area contributed by atoms with Gasteiger partial charge in [0.1, 0.15) is 12.4 Å². The van der Waals surface area contributed by atoms with Crippen LogP contribution in [0, 0.1) is 0 Å². The summed E-state index contributed by atoms with van der Waals surface area (Å²) in [6.07, 6.45) is 2.72. The lowest BCUT2D eigenvalue weighted by molar-refractivity contribution is 0.0796. The fraction of sp³-hybridized carbons (Fsp3) is 0.318. The number of nitrogens with zero attached hydrogens (tertiary/aromatic N) is 4. The second-order valence-electron chi connectivity index (χ2n) is 7.24. The van der Waals surface area contributed by atoms with Gasteiger partial charge in [-0.25, -0.2) is 22.8 Å². The van der Waals surface area contributed by atoms with E-state index >= 15 is 0 Å². The number of hydrogen-bond donors (Lipinski definition) is 1. The van der Waals surface area contributed by atoms with Gasteiger partial charge in [0.2, 0.25) is 15.9 Å². The molecule has 2 aromatic heterocycles. The largest absolute Gasteiger partial charge is 0.492 e. The number of benzene rings is 1. The maximum atomic E-state index is 12.7. The van der Waals surface area contributed by atoms with Crippen molar-refractivity contribution < 1.29 is 22.7 Å². The number of ether oxygens (including phenoxy) is 2. The third kappa shape index (κ3) is 6.30. The fourth-order valence-corrected chi connectivity index (χ4v) is 3.42. The van der Waals surface area contributed by atoms with Gasteiger partial charge in [0, 0.05) is 31.8 Å². The number of carbonyl (C=O) groups is 1. The Morgan fingerprint density at radius 2 is 1.91 bits per heavy atom. The summed E-state index contributed by atoms with van der Waals surface area (Å²) < 4.78 is 37.0. The zero-order valence-corrected chi connectivity index (χ0v) is 19.8. The van der Waals surface area contributed by atoms with Gasteiger partial charge in [-0.15, -0.1) is 0 Å². The van der Waals surface area contributed by atoms with E-state index in [4.69, 9.17) is 9.47 Å². The van der Waals surface area contributed by atoms with E-state index in [1.807, 2.05) is 25.1 Å². The Morgan fingerprint density at radius 1 is 1.18 bits per heavy atom. The number of carbonyl (C=O) groups excluding carboxylic acids is 1. The molecule has 0 bridgehead atoms. The minimum Gasteiger partial charge on any atom is -0.492 e. The van der Waals surface area contributed by atoms with Gasteiger partial charge in [-0.3, -0.25) is 4.79 Å². The first-order valence-corrected chi connectivity index (χ1v) is 12.1. The van der Waals surface area contributed by atoms with E-state index in [2.05, 4.69) is 14.8 Å². The normalized spacial score (nSPS) is 11.3. The molecule has 1 N–H and O–H groups in total. The molecule has 11 heteroatoms. The molecule has 3 aromatic rings. The van der Waals surface area contributed by atoms with Crippen LogP contribution in [-0.4, -0.2) is 74.1 Å². The molecule has 1 aromatic carbocycles. The van der Waals surface area contributed by atoms with Crippen molar-refractivity contribution in [1.29, 1.82) is 0 Å². The summed E-state index contributed by atoms with van der Waals surface area (Å²) in [4.78, 5) is 18.5. The third-order valence-electron chi connectivity index (χ3n) is 4.81. The predicted octanol–water partition coefficient (Wildman–Crippen LogP) is 1.96. The van der Waals surface area contributed by atoms with Crippen LogP contribution in [0.3, 0.4) is 0 Å². The van der Waals surface area contributed by atoms with Crippen LogP contribution in [0.25, 0.3) is 16.9 Å². The molecular formula is C22H27N5O5S. The Balaban J connectivity index is 1.88. The zero-order valence-electron chi connectivity index (χ0n) is 19.0. The molecule has 0 unspecified atom stereocenters. The molecule has 10 nitrogen and oxygen atoms in total. The van der Waals surface area contributed by atoms with Crippen molar-refractivity contribution in [2.45, 2.75) is 6.92 Å². The maximum Gasteiger partial charge on any atom is 0.274 e. The van der Waals surface area contributed by atoms with Crippen molar-refractivity contribution in [2.75, 3.05) is 40.1 Å². The van der Waals surface area contributed by atoms with Gasteiger partial charge in [0.15, 0.2) is 5.69 Å². The first-order valence-electron chi connectivity index (χ1n) is 10.3. The van der Waals surface area contributed by atoms with Crippen molar-refractivity contribution >= 4 is 15.9 Å². The van der Waals surface area contributed by atoms with Crippen LogP contribution in [0.5, 0.6) is 11.6 Å². The van der Waals surface area contributed by atoms with E-state index in [9.17, 15) is 13.2 Å². The lowest BCUT2D eigenvalue weighted by atomic mass is 10.1. The highest BCUT2D eigenvalue weighted by Gasteiger charge is 2.19. The first kappa shape index (κ1) is 24.2. The first-order chi connectivity index (χ1) is 15.7. The second kappa shape index (κ2) is 10.5. The quantitative estimate of drug-likeness (QED) is 0.448. The number of aromatic nitrogens is 3. The van der Waals surface area contributed by atoms with Crippen LogP contribution in [0.2, 0.25) is 0 Å². The number of sulfonamides is 1. The molecule has 0 fully saturated rings. The Bertz CT molecular complexity index is 1190. The molecule has 3 rings (SSSR count). The van der Waals surface area contributed by atoms with E-state index < -0.39 is 10.0 Å². The number of rotatable bonds is 10. The summed E-state index contributed by atoms with van der Waals surface area (Å²) in [6, 6.07) is 12.5. The van der Waals surface area contributed by atoms with Gasteiger partial charge >= 0.3 is 0 Å². The molecule has 176 valence electrons. The molecule has 0 aliphatic rings. The number of hydrogen-bond acceptors (Lipinski definition) is 7. The summed E-state index contributed by atoms with van der Waals surface area (Å²) in [6.45, 7) is 2.83. The molecular weight excluding hydrogens is 446 g/mol. The highest BCUT2D eigenvalue weighted by molar-refractivity contribution is 7.88. The molecule has 0 saturated carbocycles. The zero-order chi connectivity index (χ0) is 24.0. The topological polar surface area (TPSA) is 116 Å². The molecule has 0 atom stereocenters. The molecule has 0 aliphatic heterocycles. The van der Waals surface area contributed by atoms with E-state index in [1.54, 1.807) is 54.2 Å². The lowest BCUT2D eigenvalue weighted by Gasteiger charge is -2.11. The Labute approximate surface area is 193 Å². The molecule has 0 saturated heterocycles. The van der Waals surface area contributed by atoms with Crippen LogP contribution in [-0.2, 0) is 10.0 Å². The summed E-state index contributed by atoms with van der Waals surface area (Å²) in [5.74, 6) is 0.881. The van der Waals surface area contributed by atoms with Crippen LogP contribution in [0.1, 0.15) is 17.4 Å². The number of amides is 1. The maximum absolute atomic E-state index is 12.7. The van der Waals surface area contributed by atoms with E-state index in [-0.39, 0.29) is 19.1 Å². The van der Waals surface area contributed by atoms with Gasteiger partial charge in [-0.1, -0.05) is 0 Å². The van der Waals surface area contributed by atoms with Crippen molar-refractivity contribution in [1.82, 2.24) is 24.4 Å². The van der Waals surface area contributed by atoms with Crippen molar-refractivity contribution in [3.63, 3.8) is 0 Å². The lowest BCUT2D eigenvalue weighted by Crippen LogP contribution is -2.26. The molecule has 33 heavy (non-hydrogen) atoms. The molecule has 2 heterocycles. The van der Waals surface area contributed by atoms with Crippen molar-refractivity contribution in [3.8, 4) is 28.6 Å².